The molecule has 0 bridgehead atoms. The molecule has 3 heteroatoms. The Morgan fingerprint density at radius 2 is 2.10 bits per heavy atom. The Morgan fingerprint density at radius 3 is 2.95 bits per heavy atom. The molecule has 110 valence electrons. The lowest BCUT2D eigenvalue weighted by Gasteiger charge is -2.11. The molecular weight excluding hydrogens is 284 g/mol. The highest BCUT2D eigenvalue weighted by molar-refractivity contribution is 6.17. The van der Waals surface area contributed by atoms with E-state index in [4.69, 9.17) is 21.1 Å². The maximum atomic E-state index is 5.97. The largest absolute Gasteiger partial charge is 0.493 e. The van der Waals surface area contributed by atoms with E-state index in [-0.39, 0.29) is 0 Å². The summed E-state index contributed by atoms with van der Waals surface area (Å²) in [5.74, 6) is 2.40. The maximum absolute atomic E-state index is 5.97. The molecule has 3 rings (SSSR count). The molecule has 0 radical (unpaired) electrons. The first-order valence-corrected chi connectivity index (χ1v) is 7.82. The Bertz CT molecular complexity index is 637. The number of benzene rings is 2. The number of hydrogen-bond acceptors (Lipinski definition) is 2. The zero-order valence-electron chi connectivity index (χ0n) is 12.2. The van der Waals surface area contributed by atoms with E-state index < -0.39 is 0 Å². The minimum absolute atomic E-state index is 0.479. The Balaban J connectivity index is 1.61. The van der Waals surface area contributed by atoms with Crippen LogP contribution < -0.4 is 9.47 Å². The van der Waals surface area contributed by atoms with E-state index in [0.717, 1.165) is 36.5 Å². The summed E-state index contributed by atoms with van der Waals surface area (Å²) in [6, 6.07) is 12.5. The SMILES string of the molecule is Cc1ccc(OCCc2ccc3c(c2)CCO3)c(CCl)c1. The molecule has 1 heterocycles. The van der Waals surface area contributed by atoms with Crippen LogP contribution in [0.2, 0.25) is 0 Å². The fraction of sp³-hybridized carbons (Fsp3) is 0.333. The smallest absolute Gasteiger partial charge is 0.123 e. The molecule has 0 N–H and O–H groups in total. The van der Waals surface area contributed by atoms with E-state index in [0.29, 0.717) is 12.5 Å². The Kier molecular flexibility index (Phi) is 4.35. The first-order chi connectivity index (χ1) is 10.3. The standard InChI is InChI=1S/C18H19ClO2/c1-13-2-4-18(16(10-13)12-19)20-8-6-14-3-5-17-15(11-14)7-9-21-17/h2-5,10-11H,6-9,12H2,1H3. The van der Waals surface area contributed by atoms with Crippen LogP contribution in [0.15, 0.2) is 36.4 Å². The van der Waals surface area contributed by atoms with Gasteiger partial charge in [-0.15, -0.1) is 11.6 Å². The van der Waals surface area contributed by atoms with Gasteiger partial charge < -0.3 is 9.47 Å². The van der Waals surface area contributed by atoms with Gasteiger partial charge in [0.15, 0.2) is 0 Å². The molecule has 0 unspecified atom stereocenters. The van der Waals surface area contributed by atoms with Gasteiger partial charge in [0.25, 0.3) is 0 Å². The predicted octanol–water partition coefficient (Wildman–Crippen LogP) is 4.29. The number of aryl methyl sites for hydroxylation is 1. The normalized spacial score (nSPS) is 12.9. The highest BCUT2D eigenvalue weighted by Crippen LogP contribution is 2.26. The number of alkyl halides is 1. The maximum Gasteiger partial charge on any atom is 0.123 e. The number of fused-ring (bicyclic) bond motifs is 1. The molecule has 0 atom stereocenters. The molecule has 1 aliphatic rings. The van der Waals surface area contributed by atoms with Crippen molar-refractivity contribution >= 4 is 11.6 Å². The molecule has 1 aliphatic heterocycles. The molecule has 2 aromatic rings. The number of hydrogen-bond donors (Lipinski definition) is 0. The van der Waals surface area contributed by atoms with Crippen molar-refractivity contribution in [1.82, 2.24) is 0 Å². The van der Waals surface area contributed by atoms with Crippen molar-refractivity contribution in [3.05, 3.63) is 58.7 Å². The van der Waals surface area contributed by atoms with Gasteiger partial charge in [-0.05, 0) is 30.2 Å². The van der Waals surface area contributed by atoms with Crippen LogP contribution in [0.3, 0.4) is 0 Å². The fourth-order valence-corrected chi connectivity index (χ4v) is 2.84. The predicted molar refractivity (Wildman–Crippen MR) is 85.6 cm³/mol. The Morgan fingerprint density at radius 1 is 1.19 bits per heavy atom. The van der Waals surface area contributed by atoms with Crippen molar-refractivity contribution < 1.29 is 9.47 Å². The highest BCUT2D eigenvalue weighted by Gasteiger charge is 2.12. The summed E-state index contributed by atoms with van der Waals surface area (Å²) in [5.41, 5.74) is 4.86. The zero-order chi connectivity index (χ0) is 14.7. The average Bonchev–Trinajstić information content (AvgIpc) is 2.96. The number of halogens is 1. The lowest BCUT2D eigenvalue weighted by atomic mass is 10.1. The van der Waals surface area contributed by atoms with Crippen molar-refractivity contribution in [2.24, 2.45) is 0 Å². The van der Waals surface area contributed by atoms with Crippen LogP contribution in [0, 0.1) is 6.92 Å². The third-order valence-electron chi connectivity index (χ3n) is 3.76. The van der Waals surface area contributed by atoms with Gasteiger partial charge in [-0.2, -0.15) is 0 Å². The van der Waals surface area contributed by atoms with Gasteiger partial charge in [0.1, 0.15) is 11.5 Å². The van der Waals surface area contributed by atoms with Crippen molar-refractivity contribution in [2.75, 3.05) is 13.2 Å². The highest BCUT2D eigenvalue weighted by atomic mass is 35.5. The number of rotatable bonds is 5. The molecule has 2 aromatic carbocycles. The molecule has 0 saturated heterocycles. The zero-order valence-corrected chi connectivity index (χ0v) is 13.0. The lowest BCUT2D eigenvalue weighted by molar-refractivity contribution is 0.319. The van der Waals surface area contributed by atoms with E-state index in [2.05, 4.69) is 37.3 Å². The summed E-state index contributed by atoms with van der Waals surface area (Å²) in [6.07, 6.45) is 1.90. The molecular formula is C18H19ClO2. The van der Waals surface area contributed by atoms with Crippen LogP contribution in [0.1, 0.15) is 22.3 Å². The second kappa shape index (κ2) is 6.40. The summed E-state index contributed by atoms with van der Waals surface area (Å²) >= 11 is 5.97. The molecule has 0 aliphatic carbocycles. The molecule has 0 spiro atoms. The van der Waals surface area contributed by atoms with Crippen molar-refractivity contribution in [1.29, 1.82) is 0 Å². The van der Waals surface area contributed by atoms with Crippen LogP contribution in [0.4, 0.5) is 0 Å². The topological polar surface area (TPSA) is 18.5 Å². The van der Waals surface area contributed by atoms with E-state index in [1.165, 1.54) is 16.7 Å². The van der Waals surface area contributed by atoms with Crippen LogP contribution >= 0.6 is 11.6 Å². The molecule has 0 fully saturated rings. The summed E-state index contributed by atoms with van der Waals surface area (Å²) in [4.78, 5) is 0. The third-order valence-corrected chi connectivity index (χ3v) is 4.05. The van der Waals surface area contributed by atoms with Gasteiger partial charge in [-0.1, -0.05) is 29.8 Å². The quantitative estimate of drug-likeness (QED) is 0.767. The van der Waals surface area contributed by atoms with Crippen LogP contribution in [-0.4, -0.2) is 13.2 Å². The van der Waals surface area contributed by atoms with Gasteiger partial charge >= 0.3 is 0 Å². The second-order valence-electron chi connectivity index (χ2n) is 5.38. The second-order valence-corrected chi connectivity index (χ2v) is 5.65. The van der Waals surface area contributed by atoms with Gasteiger partial charge in [0.05, 0.1) is 19.1 Å². The molecule has 2 nitrogen and oxygen atoms in total. The summed E-state index contributed by atoms with van der Waals surface area (Å²) in [7, 11) is 0. The van der Waals surface area contributed by atoms with E-state index in [1.807, 2.05) is 6.07 Å². The fourth-order valence-electron chi connectivity index (χ4n) is 2.63. The Labute approximate surface area is 130 Å². The third kappa shape index (κ3) is 3.33. The molecule has 21 heavy (non-hydrogen) atoms. The minimum atomic E-state index is 0.479. The average molecular weight is 303 g/mol. The summed E-state index contributed by atoms with van der Waals surface area (Å²) in [6.45, 7) is 3.52. The van der Waals surface area contributed by atoms with Gasteiger partial charge in [0.2, 0.25) is 0 Å². The van der Waals surface area contributed by atoms with Gasteiger partial charge in [-0.25, -0.2) is 0 Å². The van der Waals surface area contributed by atoms with Crippen LogP contribution in [-0.2, 0) is 18.7 Å². The van der Waals surface area contributed by atoms with E-state index in [9.17, 15) is 0 Å². The first kappa shape index (κ1) is 14.3. The lowest BCUT2D eigenvalue weighted by Crippen LogP contribution is -2.03. The monoisotopic (exact) mass is 302 g/mol. The van der Waals surface area contributed by atoms with Gasteiger partial charge in [-0.3, -0.25) is 0 Å². The summed E-state index contributed by atoms with van der Waals surface area (Å²) < 4.78 is 11.4. The molecule has 0 saturated carbocycles. The van der Waals surface area contributed by atoms with Crippen molar-refractivity contribution in [3.63, 3.8) is 0 Å². The molecule has 0 aromatic heterocycles. The minimum Gasteiger partial charge on any atom is -0.493 e. The Hall–Kier alpha value is -1.67. The van der Waals surface area contributed by atoms with E-state index in [1.54, 1.807) is 0 Å². The van der Waals surface area contributed by atoms with E-state index >= 15 is 0 Å². The first-order valence-electron chi connectivity index (χ1n) is 7.29. The summed E-state index contributed by atoms with van der Waals surface area (Å²) in [5, 5.41) is 0. The van der Waals surface area contributed by atoms with Crippen LogP contribution in [0.25, 0.3) is 0 Å². The number of ether oxygens (including phenoxy) is 2. The van der Waals surface area contributed by atoms with Gasteiger partial charge in [0, 0.05) is 18.4 Å². The van der Waals surface area contributed by atoms with Crippen LogP contribution in [0.5, 0.6) is 11.5 Å². The van der Waals surface area contributed by atoms with Crippen molar-refractivity contribution in [3.8, 4) is 11.5 Å². The molecule has 0 amide bonds. The van der Waals surface area contributed by atoms with Crippen molar-refractivity contribution in [2.45, 2.75) is 25.6 Å².